The van der Waals surface area contributed by atoms with E-state index >= 15 is 0 Å². The van der Waals surface area contributed by atoms with E-state index < -0.39 is 0 Å². The summed E-state index contributed by atoms with van der Waals surface area (Å²) < 4.78 is 0. The summed E-state index contributed by atoms with van der Waals surface area (Å²) in [6.07, 6.45) is 10.4. The first-order valence-corrected chi connectivity index (χ1v) is 7.91. The highest BCUT2D eigenvalue weighted by Gasteiger charge is 2.48. The summed E-state index contributed by atoms with van der Waals surface area (Å²) in [5.41, 5.74) is 0. The van der Waals surface area contributed by atoms with E-state index in [0.717, 1.165) is 23.9 Å². The van der Waals surface area contributed by atoms with Crippen LogP contribution in [0.1, 0.15) is 44.9 Å². The van der Waals surface area contributed by atoms with Gasteiger partial charge in [-0.3, -0.25) is 9.80 Å². The maximum absolute atomic E-state index is 2.88. The minimum atomic E-state index is 0.964. The second-order valence-corrected chi connectivity index (χ2v) is 6.79. The lowest BCUT2D eigenvalue weighted by Gasteiger charge is -2.58. The summed E-state index contributed by atoms with van der Waals surface area (Å²) in [6.45, 7) is 5.65. The van der Waals surface area contributed by atoms with E-state index in [1.807, 2.05) is 0 Å². The van der Waals surface area contributed by atoms with Gasteiger partial charge in [0, 0.05) is 18.6 Å². The third kappa shape index (κ3) is 1.67. The van der Waals surface area contributed by atoms with Gasteiger partial charge in [0.1, 0.15) is 0 Å². The summed E-state index contributed by atoms with van der Waals surface area (Å²) in [6, 6.07) is 1.95. The van der Waals surface area contributed by atoms with Crippen molar-refractivity contribution in [3.63, 3.8) is 0 Å². The lowest BCUT2D eigenvalue weighted by atomic mass is 9.68. The SMILES string of the molecule is C1CCN2C[C@H]3CCCN4CCC[C@@H]([C@H]34)[C@@H]2C1. The van der Waals surface area contributed by atoms with E-state index in [0.29, 0.717) is 0 Å². The van der Waals surface area contributed by atoms with Crippen molar-refractivity contribution in [1.29, 1.82) is 0 Å². The first kappa shape index (κ1) is 10.8. The van der Waals surface area contributed by atoms with Crippen LogP contribution in [0.5, 0.6) is 0 Å². The molecule has 4 aliphatic heterocycles. The van der Waals surface area contributed by atoms with Crippen LogP contribution in [0.25, 0.3) is 0 Å². The standard InChI is InChI=1S/C15H26N2/c1-2-8-17-11-12-5-3-9-16-10-4-6-13(15(12)16)14(17)7-1/h12-15H,1-11H2/t12-,13-,14+,15+/m1/s1. The molecule has 0 bridgehead atoms. The number of piperidine rings is 4. The zero-order chi connectivity index (χ0) is 11.2. The van der Waals surface area contributed by atoms with Crippen LogP contribution in [0.4, 0.5) is 0 Å². The molecule has 2 nitrogen and oxygen atoms in total. The van der Waals surface area contributed by atoms with Crippen molar-refractivity contribution in [2.45, 2.75) is 57.0 Å². The summed E-state index contributed by atoms with van der Waals surface area (Å²) in [5.74, 6) is 2.05. The molecule has 0 aromatic heterocycles. The van der Waals surface area contributed by atoms with Crippen molar-refractivity contribution >= 4 is 0 Å². The third-order valence-electron chi connectivity index (χ3n) is 5.97. The molecule has 0 N–H and O–H groups in total. The Hall–Kier alpha value is -0.0800. The fourth-order valence-electron chi connectivity index (χ4n) is 5.41. The summed E-state index contributed by atoms with van der Waals surface area (Å²) in [7, 11) is 0. The maximum Gasteiger partial charge on any atom is 0.0179 e. The van der Waals surface area contributed by atoms with Gasteiger partial charge in [-0.05, 0) is 70.0 Å². The molecule has 4 heterocycles. The Balaban J connectivity index is 1.63. The molecule has 4 atom stereocenters. The van der Waals surface area contributed by atoms with Crippen molar-refractivity contribution in [1.82, 2.24) is 9.80 Å². The second kappa shape index (κ2) is 4.24. The van der Waals surface area contributed by atoms with Crippen molar-refractivity contribution < 1.29 is 0 Å². The summed E-state index contributed by atoms with van der Waals surface area (Å²) >= 11 is 0. The van der Waals surface area contributed by atoms with Crippen molar-refractivity contribution in [2.75, 3.05) is 26.2 Å². The Morgan fingerprint density at radius 1 is 0.706 bits per heavy atom. The van der Waals surface area contributed by atoms with Gasteiger partial charge in [-0.25, -0.2) is 0 Å². The van der Waals surface area contributed by atoms with Gasteiger partial charge < -0.3 is 0 Å². The monoisotopic (exact) mass is 234 g/mol. The zero-order valence-corrected chi connectivity index (χ0v) is 11.0. The minimum absolute atomic E-state index is 0.964. The molecule has 4 saturated heterocycles. The van der Waals surface area contributed by atoms with Crippen LogP contribution >= 0.6 is 0 Å². The highest BCUT2D eigenvalue weighted by Crippen LogP contribution is 2.44. The Bertz CT molecular complexity index is 289. The van der Waals surface area contributed by atoms with Gasteiger partial charge in [-0.2, -0.15) is 0 Å². The number of hydrogen-bond acceptors (Lipinski definition) is 2. The van der Waals surface area contributed by atoms with Crippen molar-refractivity contribution in [3.8, 4) is 0 Å². The number of nitrogens with zero attached hydrogens (tertiary/aromatic N) is 2. The van der Waals surface area contributed by atoms with Gasteiger partial charge in [0.05, 0.1) is 0 Å². The zero-order valence-electron chi connectivity index (χ0n) is 11.0. The van der Waals surface area contributed by atoms with Gasteiger partial charge in [0.2, 0.25) is 0 Å². The van der Waals surface area contributed by atoms with Gasteiger partial charge >= 0.3 is 0 Å². The molecule has 4 rings (SSSR count). The van der Waals surface area contributed by atoms with Crippen LogP contribution in [0.2, 0.25) is 0 Å². The van der Waals surface area contributed by atoms with Crippen LogP contribution in [-0.2, 0) is 0 Å². The molecular weight excluding hydrogens is 208 g/mol. The lowest BCUT2D eigenvalue weighted by Crippen LogP contribution is -2.65. The molecule has 0 amide bonds. The van der Waals surface area contributed by atoms with E-state index in [1.54, 1.807) is 0 Å². The number of rotatable bonds is 0. The fourth-order valence-corrected chi connectivity index (χ4v) is 5.41. The Kier molecular flexibility index (Phi) is 2.69. The second-order valence-electron chi connectivity index (χ2n) is 6.79. The van der Waals surface area contributed by atoms with E-state index in [-0.39, 0.29) is 0 Å². The van der Waals surface area contributed by atoms with Crippen molar-refractivity contribution in [3.05, 3.63) is 0 Å². The average Bonchev–Trinajstić information content (AvgIpc) is 2.39. The highest BCUT2D eigenvalue weighted by molar-refractivity contribution is 5.03. The molecule has 96 valence electrons. The minimum Gasteiger partial charge on any atom is -0.300 e. The predicted molar refractivity (Wildman–Crippen MR) is 70.0 cm³/mol. The molecule has 0 aromatic carbocycles. The average molecular weight is 234 g/mol. The third-order valence-corrected chi connectivity index (χ3v) is 5.97. The molecule has 0 radical (unpaired) electrons. The quantitative estimate of drug-likeness (QED) is 0.635. The smallest absolute Gasteiger partial charge is 0.0179 e. The van der Waals surface area contributed by atoms with Crippen LogP contribution in [0.3, 0.4) is 0 Å². The molecule has 0 aromatic rings. The van der Waals surface area contributed by atoms with Crippen LogP contribution in [0.15, 0.2) is 0 Å². The Labute approximate surface area is 105 Å². The van der Waals surface area contributed by atoms with Crippen LogP contribution in [-0.4, -0.2) is 48.1 Å². The molecule has 0 saturated carbocycles. The number of hydrogen-bond donors (Lipinski definition) is 0. The van der Waals surface area contributed by atoms with Crippen LogP contribution < -0.4 is 0 Å². The van der Waals surface area contributed by atoms with E-state index in [1.165, 1.54) is 71.1 Å². The normalized spacial score (nSPS) is 47.3. The molecular formula is C15H26N2. The highest BCUT2D eigenvalue weighted by atomic mass is 15.3. The molecule has 4 aliphatic rings. The van der Waals surface area contributed by atoms with Crippen LogP contribution in [0, 0.1) is 11.8 Å². The summed E-state index contributed by atoms with van der Waals surface area (Å²) in [4.78, 5) is 5.75. The van der Waals surface area contributed by atoms with E-state index in [4.69, 9.17) is 0 Å². The lowest BCUT2D eigenvalue weighted by molar-refractivity contribution is -0.0859. The first-order valence-electron chi connectivity index (χ1n) is 7.91. The summed E-state index contributed by atoms with van der Waals surface area (Å²) in [5, 5.41) is 0. The van der Waals surface area contributed by atoms with E-state index in [9.17, 15) is 0 Å². The largest absolute Gasteiger partial charge is 0.300 e. The molecule has 2 heteroatoms. The fraction of sp³-hybridized carbons (Fsp3) is 1.00. The van der Waals surface area contributed by atoms with Gasteiger partial charge in [-0.15, -0.1) is 0 Å². The topological polar surface area (TPSA) is 6.48 Å². The van der Waals surface area contributed by atoms with Gasteiger partial charge in [0.15, 0.2) is 0 Å². The molecule has 0 unspecified atom stereocenters. The molecule has 0 aliphatic carbocycles. The Morgan fingerprint density at radius 2 is 1.53 bits per heavy atom. The predicted octanol–water partition coefficient (Wildman–Crippen LogP) is 2.35. The number of fused-ring (bicyclic) bond motifs is 2. The van der Waals surface area contributed by atoms with Gasteiger partial charge in [0.25, 0.3) is 0 Å². The van der Waals surface area contributed by atoms with E-state index in [2.05, 4.69) is 9.80 Å². The maximum atomic E-state index is 2.88. The molecule has 0 spiro atoms. The Morgan fingerprint density at radius 3 is 2.47 bits per heavy atom. The van der Waals surface area contributed by atoms with Crippen molar-refractivity contribution in [2.24, 2.45) is 11.8 Å². The first-order chi connectivity index (χ1) is 8.43. The van der Waals surface area contributed by atoms with Gasteiger partial charge in [-0.1, -0.05) is 6.42 Å². The molecule has 4 fully saturated rings. The molecule has 17 heavy (non-hydrogen) atoms.